The largest absolute Gasteiger partial charge is 0.506 e. The van der Waals surface area contributed by atoms with Crippen LogP contribution < -0.4 is 0 Å². The van der Waals surface area contributed by atoms with E-state index in [4.69, 9.17) is 23.2 Å². The first-order chi connectivity index (χ1) is 9.47. The molecule has 5 nitrogen and oxygen atoms in total. The van der Waals surface area contributed by atoms with Gasteiger partial charge in [-0.05, 0) is 18.2 Å². The Morgan fingerprint density at radius 2 is 1.95 bits per heavy atom. The van der Waals surface area contributed by atoms with Crippen molar-refractivity contribution in [2.75, 3.05) is 0 Å². The normalized spacial score (nSPS) is 10.9. The predicted molar refractivity (Wildman–Crippen MR) is 78.5 cm³/mol. The van der Waals surface area contributed by atoms with Crippen LogP contribution >= 0.6 is 23.2 Å². The van der Waals surface area contributed by atoms with Crippen LogP contribution in [0.5, 0.6) is 5.75 Å². The van der Waals surface area contributed by atoms with Crippen LogP contribution in [-0.4, -0.2) is 16.2 Å². The lowest BCUT2D eigenvalue weighted by molar-refractivity contribution is -0.384. The van der Waals surface area contributed by atoms with Crippen molar-refractivity contribution in [3.8, 4) is 5.75 Å². The van der Waals surface area contributed by atoms with E-state index in [0.29, 0.717) is 15.6 Å². The van der Waals surface area contributed by atoms with Gasteiger partial charge in [0.2, 0.25) is 0 Å². The smallest absolute Gasteiger partial charge is 0.270 e. The van der Waals surface area contributed by atoms with Gasteiger partial charge in [0.15, 0.2) is 0 Å². The first-order valence-corrected chi connectivity index (χ1v) is 6.19. The average Bonchev–Trinajstić information content (AvgIpc) is 2.39. The molecule has 0 aliphatic rings. The Morgan fingerprint density at radius 3 is 2.60 bits per heavy atom. The maximum absolute atomic E-state index is 10.7. The lowest BCUT2D eigenvalue weighted by Gasteiger charge is -2.00. The number of phenols is 1. The van der Waals surface area contributed by atoms with Gasteiger partial charge in [-0.3, -0.25) is 15.1 Å². The van der Waals surface area contributed by atoms with Gasteiger partial charge in [0.05, 0.1) is 4.92 Å². The zero-order valence-electron chi connectivity index (χ0n) is 9.96. The molecular formula is C13H8Cl2N2O3. The summed E-state index contributed by atoms with van der Waals surface area (Å²) in [6, 6.07) is 8.48. The van der Waals surface area contributed by atoms with Crippen molar-refractivity contribution in [2.45, 2.75) is 0 Å². The topological polar surface area (TPSA) is 75.7 Å². The molecule has 7 heteroatoms. The lowest BCUT2D eigenvalue weighted by Crippen LogP contribution is -1.90. The SMILES string of the molecule is O=[N+]([O-])c1ccc(Cl)c(C=Nc2ccc(Cl)cc2O)c1. The number of rotatable bonds is 3. The number of nitro benzene ring substituents is 1. The summed E-state index contributed by atoms with van der Waals surface area (Å²) in [5.74, 6) is -0.0877. The Morgan fingerprint density at radius 1 is 1.20 bits per heavy atom. The summed E-state index contributed by atoms with van der Waals surface area (Å²) >= 11 is 11.6. The van der Waals surface area contributed by atoms with Gasteiger partial charge in [0.25, 0.3) is 5.69 Å². The number of halogens is 2. The summed E-state index contributed by atoms with van der Waals surface area (Å²) in [4.78, 5) is 14.2. The van der Waals surface area contributed by atoms with E-state index in [-0.39, 0.29) is 17.1 Å². The number of benzene rings is 2. The summed E-state index contributed by atoms with van der Waals surface area (Å²) in [6.45, 7) is 0. The van der Waals surface area contributed by atoms with Crippen molar-refractivity contribution >= 4 is 40.8 Å². The highest BCUT2D eigenvalue weighted by atomic mass is 35.5. The average molecular weight is 311 g/mol. The summed E-state index contributed by atoms with van der Waals surface area (Å²) in [5.41, 5.74) is 0.586. The molecule has 0 spiro atoms. The molecule has 2 rings (SSSR count). The number of nitrogens with zero attached hydrogens (tertiary/aromatic N) is 2. The van der Waals surface area contributed by atoms with E-state index < -0.39 is 4.92 Å². The lowest BCUT2D eigenvalue weighted by atomic mass is 10.2. The highest BCUT2D eigenvalue weighted by Crippen LogP contribution is 2.29. The number of nitro groups is 1. The highest BCUT2D eigenvalue weighted by molar-refractivity contribution is 6.33. The molecule has 1 N–H and O–H groups in total. The Labute approximate surface area is 124 Å². The zero-order valence-corrected chi connectivity index (χ0v) is 11.5. The Kier molecular flexibility index (Phi) is 4.22. The van der Waals surface area contributed by atoms with Gasteiger partial charge in [-0.15, -0.1) is 0 Å². The highest BCUT2D eigenvalue weighted by Gasteiger charge is 2.08. The second-order valence-electron chi connectivity index (χ2n) is 3.85. The summed E-state index contributed by atoms with van der Waals surface area (Å²) < 4.78 is 0. The van der Waals surface area contributed by atoms with Gasteiger partial charge in [-0.25, -0.2) is 0 Å². The molecule has 0 saturated carbocycles. The number of non-ortho nitro benzene ring substituents is 1. The number of hydrogen-bond acceptors (Lipinski definition) is 4. The van der Waals surface area contributed by atoms with Crippen LogP contribution in [0.4, 0.5) is 11.4 Å². The van der Waals surface area contributed by atoms with E-state index in [0.717, 1.165) is 0 Å². The summed E-state index contributed by atoms with van der Waals surface area (Å²) in [7, 11) is 0. The minimum atomic E-state index is -0.520. The zero-order chi connectivity index (χ0) is 14.7. The monoisotopic (exact) mass is 310 g/mol. The minimum absolute atomic E-state index is 0.0869. The Bertz CT molecular complexity index is 702. The minimum Gasteiger partial charge on any atom is -0.506 e. The van der Waals surface area contributed by atoms with Crippen molar-refractivity contribution in [1.82, 2.24) is 0 Å². The number of aliphatic imine (C=N–C) groups is 1. The molecule has 0 saturated heterocycles. The van der Waals surface area contributed by atoms with Crippen LogP contribution in [0.25, 0.3) is 0 Å². The number of phenolic OH excluding ortho intramolecular Hbond substituents is 1. The molecule has 2 aromatic carbocycles. The van der Waals surface area contributed by atoms with Crippen molar-refractivity contribution in [2.24, 2.45) is 4.99 Å². The maximum atomic E-state index is 10.7. The van der Waals surface area contributed by atoms with Crippen LogP contribution in [0.3, 0.4) is 0 Å². The van der Waals surface area contributed by atoms with Gasteiger partial charge < -0.3 is 5.11 Å². The van der Waals surface area contributed by atoms with Crippen molar-refractivity contribution in [3.63, 3.8) is 0 Å². The van der Waals surface area contributed by atoms with E-state index in [2.05, 4.69) is 4.99 Å². The van der Waals surface area contributed by atoms with Crippen molar-refractivity contribution < 1.29 is 10.0 Å². The van der Waals surface area contributed by atoms with Crippen LogP contribution in [0.1, 0.15) is 5.56 Å². The predicted octanol–water partition coefficient (Wildman–Crippen LogP) is 4.36. The van der Waals surface area contributed by atoms with Crippen molar-refractivity contribution in [3.05, 3.63) is 62.1 Å². The Hall–Kier alpha value is -2.11. The third-order valence-corrected chi connectivity index (χ3v) is 3.05. The third kappa shape index (κ3) is 3.26. The van der Waals surface area contributed by atoms with Crippen LogP contribution in [0, 0.1) is 10.1 Å². The molecule has 102 valence electrons. The van der Waals surface area contributed by atoms with Gasteiger partial charge >= 0.3 is 0 Å². The standard InChI is InChI=1S/C13H8Cl2N2O3/c14-9-1-4-12(13(18)6-9)16-7-8-5-10(17(19)20)2-3-11(8)15/h1-7,18H. The molecular weight excluding hydrogens is 303 g/mol. The first kappa shape index (κ1) is 14.3. The molecule has 0 fully saturated rings. The van der Waals surface area contributed by atoms with E-state index in [9.17, 15) is 15.2 Å². The summed E-state index contributed by atoms with van der Waals surface area (Å²) in [5, 5.41) is 21.0. The van der Waals surface area contributed by atoms with Gasteiger partial charge in [0, 0.05) is 40.0 Å². The fourth-order valence-electron chi connectivity index (χ4n) is 1.49. The number of aromatic hydroxyl groups is 1. The number of hydrogen-bond donors (Lipinski definition) is 1. The molecule has 0 amide bonds. The molecule has 20 heavy (non-hydrogen) atoms. The van der Waals surface area contributed by atoms with E-state index in [1.54, 1.807) is 6.07 Å². The molecule has 0 heterocycles. The third-order valence-electron chi connectivity index (χ3n) is 2.47. The molecule has 2 aromatic rings. The molecule has 0 unspecified atom stereocenters. The maximum Gasteiger partial charge on any atom is 0.270 e. The Balaban J connectivity index is 2.35. The van der Waals surface area contributed by atoms with Crippen molar-refractivity contribution in [1.29, 1.82) is 0 Å². The van der Waals surface area contributed by atoms with E-state index >= 15 is 0 Å². The van der Waals surface area contributed by atoms with E-state index in [1.807, 2.05) is 0 Å². The van der Waals surface area contributed by atoms with Crippen LogP contribution in [0.15, 0.2) is 41.4 Å². The van der Waals surface area contributed by atoms with Gasteiger partial charge in [-0.2, -0.15) is 0 Å². The van der Waals surface area contributed by atoms with Gasteiger partial charge in [0.1, 0.15) is 11.4 Å². The fraction of sp³-hybridized carbons (Fsp3) is 0. The van der Waals surface area contributed by atoms with Crippen LogP contribution in [0.2, 0.25) is 10.0 Å². The molecule has 0 atom stereocenters. The molecule has 0 aliphatic heterocycles. The van der Waals surface area contributed by atoms with Crippen LogP contribution in [-0.2, 0) is 0 Å². The first-order valence-electron chi connectivity index (χ1n) is 5.44. The molecule has 0 radical (unpaired) electrons. The van der Waals surface area contributed by atoms with E-state index in [1.165, 1.54) is 36.5 Å². The quantitative estimate of drug-likeness (QED) is 0.520. The molecule has 0 aliphatic carbocycles. The second-order valence-corrected chi connectivity index (χ2v) is 4.70. The molecule has 0 aromatic heterocycles. The second kappa shape index (κ2) is 5.90. The summed E-state index contributed by atoms with van der Waals surface area (Å²) in [6.07, 6.45) is 1.35. The van der Waals surface area contributed by atoms with Gasteiger partial charge in [-0.1, -0.05) is 23.2 Å². The fourth-order valence-corrected chi connectivity index (χ4v) is 1.82. The molecule has 0 bridgehead atoms.